The summed E-state index contributed by atoms with van der Waals surface area (Å²) in [6.07, 6.45) is 0.540. The minimum Gasteiger partial charge on any atom is -0.481 e. The van der Waals surface area contributed by atoms with Crippen LogP contribution >= 0.6 is 0 Å². The lowest BCUT2D eigenvalue weighted by Gasteiger charge is -2.35. The van der Waals surface area contributed by atoms with Crippen LogP contribution in [-0.2, 0) is 9.59 Å². The van der Waals surface area contributed by atoms with E-state index >= 15 is 0 Å². The number of hydrogen-bond donors (Lipinski definition) is 3. The summed E-state index contributed by atoms with van der Waals surface area (Å²) >= 11 is 0. The van der Waals surface area contributed by atoms with Gasteiger partial charge in [-0.05, 0) is 30.5 Å². The summed E-state index contributed by atoms with van der Waals surface area (Å²) in [5.74, 6) is -4.99. The fraction of sp³-hybridized carbons (Fsp3) is 0.250. The fourth-order valence-electron chi connectivity index (χ4n) is 3.84. The van der Waals surface area contributed by atoms with Crippen molar-refractivity contribution in [1.82, 2.24) is 5.32 Å². The maximum absolute atomic E-state index is 12.7. The molecule has 6 nitrogen and oxygen atoms in total. The van der Waals surface area contributed by atoms with E-state index in [9.17, 15) is 24.6 Å². The highest BCUT2D eigenvalue weighted by molar-refractivity contribution is 6.00. The van der Waals surface area contributed by atoms with Gasteiger partial charge in [0.05, 0.1) is 5.92 Å². The maximum atomic E-state index is 12.7. The van der Waals surface area contributed by atoms with Gasteiger partial charge in [0.1, 0.15) is 0 Å². The van der Waals surface area contributed by atoms with Crippen molar-refractivity contribution < 1.29 is 24.6 Å². The Morgan fingerprint density at radius 2 is 1.46 bits per heavy atom. The number of carboxylic acid groups (broad SMARTS) is 2. The zero-order valence-electron chi connectivity index (χ0n) is 14.0. The Hall–Kier alpha value is -3.15. The van der Waals surface area contributed by atoms with Gasteiger partial charge < -0.3 is 15.5 Å². The van der Waals surface area contributed by atoms with Crippen molar-refractivity contribution >= 4 is 17.8 Å². The van der Waals surface area contributed by atoms with E-state index in [1.165, 1.54) is 0 Å². The minimum atomic E-state index is -1.90. The maximum Gasteiger partial charge on any atom is 0.330 e. The quantitative estimate of drug-likeness (QED) is 0.766. The van der Waals surface area contributed by atoms with Crippen molar-refractivity contribution in [3.8, 4) is 0 Å². The van der Waals surface area contributed by atoms with Gasteiger partial charge in [-0.3, -0.25) is 9.59 Å². The topological polar surface area (TPSA) is 104 Å². The summed E-state index contributed by atoms with van der Waals surface area (Å²) in [5.41, 5.74) is -0.914. The Labute approximate surface area is 150 Å². The van der Waals surface area contributed by atoms with E-state index in [2.05, 4.69) is 5.32 Å². The standard InChI is InChI=1S/C20H19NO5/c22-17(14-9-5-2-6-10-14)21-20(19(25)26)15(11-12-16(20)18(23)24)13-7-3-1-4-8-13/h1-10,15-16H,11-12H2,(H,21,22)(H,23,24)(H,25,26)/t15-,16-,20+/m0/s1. The van der Waals surface area contributed by atoms with Crippen LogP contribution in [0, 0.1) is 5.92 Å². The van der Waals surface area contributed by atoms with Crippen molar-refractivity contribution in [3.05, 3.63) is 71.8 Å². The third-order valence-corrected chi connectivity index (χ3v) is 5.05. The van der Waals surface area contributed by atoms with Gasteiger partial charge in [-0.25, -0.2) is 4.79 Å². The van der Waals surface area contributed by atoms with Crippen LogP contribution in [0.3, 0.4) is 0 Å². The van der Waals surface area contributed by atoms with Crippen molar-refractivity contribution in [3.63, 3.8) is 0 Å². The van der Waals surface area contributed by atoms with Crippen molar-refractivity contribution in [2.24, 2.45) is 5.92 Å². The van der Waals surface area contributed by atoms with E-state index < -0.39 is 35.2 Å². The van der Waals surface area contributed by atoms with Crippen LogP contribution in [-0.4, -0.2) is 33.6 Å². The highest BCUT2D eigenvalue weighted by atomic mass is 16.4. The average molecular weight is 353 g/mol. The predicted octanol–water partition coefficient (Wildman–Crippen LogP) is 2.52. The van der Waals surface area contributed by atoms with Crippen molar-refractivity contribution in [2.45, 2.75) is 24.3 Å². The summed E-state index contributed by atoms with van der Waals surface area (Å²) in [5, 5.41) is 22.2. The summed E-state index contributed by atoms with van der Waals surface area (Å²) in [7, 11) is 0. The summed E-state index contributed by atoms with van der Waals surface area (Å²) in [4.78, 5) is 36.8. The largest absolute Gasteiger partial charge is 0.481 e. The first-order chi connectivity index (χ1) is 12.5. The van der Waals surface area contributed by atoms with Gasteiger partial charge >= 0.3 is 11.9 Å². The van der Waals surface area contributed by atoms with Gasteiger partial charge in [0, 0.05) is 11.5 Å². The molecule has 1 saturated carbocycles. The molecule has 1 fully saturated rings. The molecule has 1 aliphatic rings. The first-order valence-electron chi connectivity index (χ1n) is 8.35. The second-order valence-electron chi connectivity index (χ2n) is 6.43. The highest BCUT2D eigenvalue weighted by Crippen LogP contribution is 2.47. The number of benzene rings is 2. The predicted molar refractivity (Wildman–Crippen MR) is 93.8 cm³/mol. The monoisotopic (exact) mass is 353 g/mol. The lowest BCUT2D eigenvalue weighted by Crippen LogP contribution is -2.61. The van der Waals surface area contributed by atoms with Gasteiger partial charge in [0.25, 0.3) is 5.91 Å². The fourth-order valence-corrected chi connectivity index (χ4v) is 3.84. The number of carbonyl (C=O) groups is 3. The van der Waals surface area contributed by atoms with E-state index in [-0.39, 0.29) is 12.0 Å². The highest BCUT2D eigenvalue weighted by Gasteiger charge is 2.60. The van der Waals surface area contributed by atoms with E-state index in [0.717, 1.165) is 0 Å². The van der Waals surface area contributed by atoms with E-state index in [0.29, 0.717) is 12.0 Å². The van der Waals surface area contributed by atoms with Crippen molar-refractivity contribution in [1.29, 1.82) is 0 Å². The SMILES string of the molecule is O=C(N[C@@]1(C(=O)O)[C@H](C(=O)O)CC[C@H]1c1ccccc1)c1ccccc1. The zero-order valence-corrected chi connectivity index (χ0v) is 14.0. The molecule has 0 heterocycles. The molecule has 0 aliphatic heterocycles. The van der Waals surface area contributed by atoms with Crippen LogP contribution in [0.5, 0.6) is 0 Å². The Balaban J connectivity index is 2.07. The molecule has 3 atom stereocenters. The number of amides is 1. The number of nitrogens with one attached hydrogen (secondary N) is 1. The average Bonchev–Trinajstić information content (AvgIpc) is 3.03. The Kier molecular flexibility index (Phi) is 4.75. The first-order valence-corrected chi connectivity index (χ1v) is 8.35. The second-order valence-corrected chi connectivity index (χ2v) is 6.43. The van der Waals surface area contributed by atoms with E-state index in [1.54, 1.807) is 60.7 Å². The summed E-state index contributed by atoms with van der Waals surface area (Å²) in [6, 6.07) is 17.1. The lowest BCUT2D eigenvalue weighted by atomic mass is 9.76. The molecule has 2 aromatic rings. The van der Waals surface area contributed by atoms with E-state index in [4.69, 9.17) is 0 Å². The van der Waals surface area contributed by atoms with Crippen LogP contribution in [0.1, 0.15) is 34.7 Å². The molecular formula is C20H19NO5. The lowest BCUT2D eigenvalue weighted by molar-refractivity contribution is -0.155. The normalized spacial score (nSPS) is 24.8. The van der Waals surface area contributed by atoms with Crippen molar-refractivity contribution in [2.75, 3.05) is 0 Å². The van der Waals surface area contributed by atoms with E-state index in [1.807, 2.05) is 0 Å². The molecule has 26 heavy (non-hydrogen) atoms. The smallest absolute Gasteiger partial charge is 0.330 e. The Morgan fingerprint density at radius 1 is 0.885 bits per heavy atom. The molecule has 134 valence electrons. The molecule has 2 aromatic carbocycles. The number of aliphatic carboxylic acids is 2. The molecule has 0 radical (unpaired) electrons. The third kappa shape index (κ3) is 2.94. The van der Waals surface area contributed by atoms with Crippen LogP contribution in [0.15, 0.2) is 60.7 Å². The molecular weight excluding hydrogens is 334 g/mol. The molecule has 3 N–H and O–H groups in total. The Bertz CT molecular complexity index is 821. The number of carbonyl (C=O) groups excluding carboxylic acids is 1. The van der Waals surface area contributed by atoms with Crippen LogP contribution in [0.4, 0.5) is 0 Å². The summed E-state index contributed by atoms with van der Waals surface area (Å²) in [6.45, 7) is 0. The van der Waals surface area contributed by atoms with Crippen LogP contribution in [0.2, 0.25) is 0 Å². The van der Waals surface area contributed by atoms with Gasteiger partial charge in [-0.15, -0.1) is 0 Å². The molecule has 0 bridgehead atoms. The molecule has 1 amide bonds. The van der Waals surface area contributed by atoms with Crippen LogP contribution in [0.25, 0.3) is 0 Å². The molecule has 6 heteroatoms. The second kappa shape index (κ2) is 7.00. The molecule has 0 aromatic heterocycles. The molecule has 0 unspecified atom stereocenters. The molecule has 0 saturated heterocycles. The first kappa shape index (κ1) is 17.7. The minimum absolute atomic E-state index is 0.177. The number of rotatable bonds is 5. The van der Waals surface area contributed by atoms with Gasteiger partial charge in [0.15, 0.2) is 5.54 Å². The third-order valence-electron chi connectivity index (χ3n) is 5.05. The molecule has 3 rings (SSSR count). The zero-order chi connectivity index (χ0) is 18.7. The molecule has 1 aliphatic carbocycles. The number of hydrogen-bond acceptors (Lipinski definition) is 3. The van der Waals surface area contributed by atoms with Gasteiger partial charge in [-0.1, -0.05) is 48.5 Å². The van der Waals surface area contributed by atoms with Crippen LogP contribution < -0.4 is 5.32 Å². The van der Waals surface area contributed by atoms with Gasteiger partial charge in [0.2, 0.25) is 0 Å². The number of carboxylic acids is 2. The molecule has 0 spiro atoms. The summed E-state index contributed by atoms with van der Waals surface area (Å²) < 4.78 is 0. The Morgan fingerprint density at radius 3 is 2.00 bits per heavy atom. The van der Waals surface area contributed by atoms with Gasteiger partial charge in [-0.2, -0.15) is 0 Å².